The number of aliphatic hydroxyl groups is 1. The normalized spacial score (nSPS) is 15.0. The van der Waals surface area contributed by atoms with Crippen molar-refractivity contribution in [2.75, 3.05) is 13.7 Å². The van der Waals surface area contributed by atoms with E-state index in [1.54, 1.807) is 7.11 Å². The number of benzene rings is 1. The Bertz CT molecular complexity index is 333. The van der Waals surface area contributed by atoms with Crippen LogP contribution in [0.25, 0.3) is 0 Å². The van der Waals surface area contributed by atoms with Gasteiger partial charge in [-0.2, -0.15) is 0 Å². The largest absolute Gasteiger partial charge is 0.383 e. The lowest BCUT2D eigenvalue weighted by Crippen LogP contribution is -2.31. The predicted octanol–water partition coefficient (Wildman–Crippen LogP) is 2.55. The SMILES string of the molecule is CCC(O)(COC)c1ccc(C)cc1C. The van der Waals surface area contributed by atoms with Crippen LogP contribution in [0.4, 0.5) is 0 Å². The summed E-state index contributed by atoms with van der Waals surface area (Å²) in [6.45, 7) is 6.39. The van der Waals surface area contributed by atoms with E-state index < -0.39 is 5.60 Å². The van der Waals surface area contributed by atoms with Crippen LogP contribution in [0, 0.1) is 13.8 Å². The van der Waals surface area contributed by atoms with E-state index in [1.807, 2.05) is 26.0 Å². The number of hydrogen-bond donors (Lipinski definition) is 1. The van der Waals surface area contributed by atoms with Crippen molar-refractivity contribution in [2.45, 2.75) is 32.8 Å². The third-order valence-corrected chi connectivity index (χ3v) is 2.85. The van der Waals surface area contributed by atoms with Gasteiger partial charge in [0.15, 0.2) is 0 Å². The van der Waals surface area contributed by atoms with Crippen LogP contribution in [-0.2, 0) is 10.3 Å². The molecule has 1 atom stereocenters. The van der Waals surface area contributed by atoms with E-state index in [1.165, 1.54) is 5.56 Å². The molecule has 1 unspecified atom stereocenters. The maximum atomic E-state index is 10.4. The summed E-state index contributed by atoms with van der Waals surface area (Å²) in [4.78, 5) is 0. The third-order valence-electron chi connectivity index (χ3n) is 2.85. The Labute approximate surface area is 91.9 Å². The van der Waals surface area contributed by atoms with Gasteiger partial charge in [-0.15, -0.1) is 0 Å². The molecule has 15 heavy (non-hydrogen) atoms. The molecule has 0 aliphatic heterocycles. The quantitative estimate of drug-likeness (QED) is 0.824. The van der Waals surface area contributed by atoms with Gasteiger partial charge in [0.25, 0.3) is 0 Å². The van der Waals surface area contributed by atoms with Crippen molar-refractivity contribution in [1.82, 2.24) is 0 Å². The zero-order chi connectivity index (χ0) is 11.5. The number of hydrogen-bond acceptors (Lipinski definition) is 2. The highest BCUT2D eigenvalue weighted by Gasteiger charge is 2.28. The van der Waals surface area contributed by atoms with Crippen molar-refractivity contribution < 1.29 is 9.84 Å². The van der Waals surface area contributed by atoms with Crippen LogP contribution in [-0.4, -0.2) is 18.8 Å². The van der Waals surface area contributed by atoms with Crippen molar-refractivity contribution in [3.8, 4) is 0 Å². The van der Waals surface area contributed by atoms with Crippen LogP contribution in [0.2, 0.25) is 0 Å². The van der Waals surface area contributed by atoms with E-state index in [9.17, 15) is 5.11 Å². The average molecular weight is 208 g/mol. The van der Waals surface area contributed by atoms with Crippen LogP contribution in [0.15, 0.2) is 18.2 Å². The molecule has 1 rings (SSSR count). The Hall–Kier alpha value is -0.860. The monoisotopic (exact) mass is 208 g/mol. The van der Waals surface area contributed by atoms with E-state index in [0.29, 0.717) is 13.0 Å². The molecule has 0 radical (unpaired) electrons. The van der Waals surface area contributed by atoms with E-state index in [4.69, 9.17) is 4.74 Å². The molecular formula is C13H20O2. The minimum Gasteiger partial charge on any atom is -0.383 e. The Kier molecular flexibility index (Phi) is 3.89. The fraction of sp³-hybridized carbons (Fsp3) is 0.538. The first-order chi connectivity index (χ1) is 7.03. The minimum atomic E-state index is -0.855. The number of ether oxygens (including phenoxy) is 1. The highest BCUT2D eigenvalue weighted by Crippen LogP contribution is 2.28. The first-order valence-corrected chi connectivity index (χ1v) is 5.32. The summed E-state index contributed by atoms with van der Waals surface area (Å²) >= 11 is 0. The molecule has 0 heterocycles. The second-order valence-electron chi connectivity index (χ2n) is 4.14. The molecule has 1 N–H and O–H groups in total. The first-order valence-electron chi connectivity index (χ1n) is 5.32. The number of methoxy groups -OCH3 is 1. The van der Waals surface area contributed by atoms with Crippen molar-refractivity contribution >= 4 is 0 Å². The summed E-state index contributed by atoms with van der Waals surface area (Å²) in [5.41, 5.74) is 2.45. The summed E-state index contributed by atoms with van der Waals surface area (Å²) in [5.74, 6) is 0. The molecule has 0 saturated carbocycles. The van der Waals surface area contributed by atoms with Gasteiger partial charge in [0.1, 0.15) is 5.60 Å². The summed E-state index contributed by atoms with van der Waals surface area (Å²) in [7, 11) is 1.62. The molecule has 0 aliphatic carbocycles. The van der Waals surface area contributed by atoms with Gasteiger partial charge in [0.05, 0.1) is 6.61 Å². The minimum absolute atomic E-state index is 0.341. The molecular weight excluding hydrogens is 188 g/mol. The third kappa shape index (κ3) is 2.58. The van der Waals surface area contributed by atoms with Gasteiger partial charge in [0.2, 0.25) is 0 Å². The highest BCUT2D eigenvalue weighted by molar-refractivity contribution is 5.34. The molecule has 0 aliphatic rings. The van der Waals surface area contributed by atoms with Crippen molar-refractivity contribution in [2.24, 2.45) is 0 Å². The molecule has 1 aromatic rings. The Balaban J connectivity index is 3.12. The molecule has 0 bridgehead atoms. The van der Waals surface area contributed by atoms with E-state index in [0.717, 1.165) is 11.1 Å². The van der Waals surface area contributed by atoms with Crippen molar-refractivity contribution in [1.29, 1.82) is 0 Å². The van der Waals surface area contributed by atoms with Crippen LogP contribution in [0.5, 0.6) is 0 Å². The fourth-order valence-electron chi connectivity index (χ4n) is 1.94. The molecule has 0 saturated heterocycles. The van der Waals surface area contributed by atoms with Gasteiger partial charge in [-0.3, -0.25) is 0 Å². The second kappa shape index (κ2) is 4.77. The van der Waals surface area contributed by atoms with Gasteiger partial charge >= 0.3 is 0 Å². The maximum Gasteiger partial charge on any atom is 0.113 e. The Morgan fingerprint density at radius 1 is 1.33 bits per heavy atom. The van der Waals surface area contributed by atoms with Crippen molar-refractivity contribution in [3.05, 3.63) is 34.9 Å². The van der Waals surface area contributed by atoms with Crippen molar-refractivity contribution in [3.63, 3.8) is 0 Å². The summed E-state index contributed by atoms with van der Waals surface area (Å²) in [6, 6.07) is 6.11. The van der Waals surface area contributed by atoms with Crippen LogP contribution in [0.3, 0.4) is 0 Å². The fourth-order valence-corrected chi connectivity index (χ4v) is 1.94. The highest BCUT2D eigenvalue weighted by atomic mass is 16.5. The first kappa shape index (κ1) is 12.2. The van der Waals surface area contributed by atoms with Gasteiger partial charge in [-0.25, -0.2) is 0 Å². The van der Waals surface area contributed by atoms with Crippen LogP contribution >= 0.6 is 0 Å². The van der Waals surface area contributed by atoms with Gasteiger partial charge in [-0.1, -0.05) is 30.7 Å². The topological polar surface area (TPSA) is 29.5 Å². The predicted molar refractivity (Wildman–Crippen MR) is 62.0 cm³/mol. The van der Waals surface area contributed by atoms with Gasteiger partial charge in [-0.05, 0) is 31.4 Å². The lowest BCUT2D eigenvalue weighted by Gasteiger charge is -2.28. The molecule has 0 spiro atoms. The maximum absolute atomic E-state index is 10.4. The lowest BCUT2D eigenvalue weighted by molar-refractivity contribution is -0.0390. The molecule has 0 aromatic heterocycles. The zero-order valence-corrected chi connectivity index (χ0v) is 10.0. The Morgan fingerprint density at radius 2 is 2.00 bits per heavy atom. The molecule has 2 heteroatoms. The summed E-state index contributed by atoms with van der Waals surface area (Å²) in [5, 5.41) is 10.4. The molecule has 2 nitrogen and oxygen atoms in total. The standard InChI is InChI=1S/C13H20O2/c1-5-13(14,9-15-4)12-7-6-10(2)8-11(12)3/h6-8,14H,5,9H2,1-4H3. The zero-order valence-electron chi connectivity index (χ0n) is 10.0. The molecule has 1 aromatic carbocycles. The summed E-state index contributed by atoms with van der Waals surface area (Å²) in [6.07, 6.45) is 0.657. The van der Waals surface area contributed by atoms with Crippen LogP contribution < -0.4 is 0 Å². The lowest BCUT2D eigenvalue weighted by atomic mass is 9.88. The molecule has 84 valence electrons. The van der Waals surface area contributed by atoms with E-state index >= 15 is 0 Å². The summed E-state index contributed by atoms with van der Waals surface area (Å²) < 4.78 is 5.09. The Morgan fingerprint density at radius 3 is 2.47 bits per heavy atom. The molecule has 0 amide bonds. The molecule has 0 fully saturated rings. The average Bonchev–Trinajstić information content (AvgIpc) is 2.17. The van der Waals surface area contributed by atoms with E-state index in [2.05, 4.69) is 13.0 Å². The second-order valence-corrected chi connectivity index (χ2v) is 4.14. The number of aryl methyl sites for hydroxylation is 2. The smallest absolute Gasteiger partial charge is 0.113 e. The van der Waals surface area contributed by atoms with Gasteiger partial charge in [0, 0.05) is 7.11 Å². The van der Waals surface area contributed by atoms with Crippen LogP contribution in [0.1, 0.15) is 30.0 Å². The van der Waals surface area contributed by atoms with E-state index in [-0.39, 0.29) is 0 Å². The number of rotatable bonds is 4. The van der Waals surface area contributed by atoms with Gasteiger partial charge < -0.3 is 9.84 Å².